The third-order valence-electron chi connectivity index (χ3n) is 4.24. The third kappa shape index (κ3) is 3.02. The molecule has 0 heterocycles. The Morgan fingerprint density at radius 2 is 2.00 bits per heavy atom. The number of benzene rings is 1. The maximum absolute atomic E-state index is 6.39. The van der Waals surface area contributed by atoms with Crippen molar-refractivity contribution < 1.29 is 0 Å². The Bertz CT molecular complexity index is 369. The van der Waals surface area contributed by atoms with Crippen molar-refractivity contribution >= 4 is 11.6 Å². The van der Waals surface area contributed by atoms with Crippen molar-refractivity contribution in [2.45, 2.75) is 45.6 Å². The lowest BCUT2D eigenvalue weighted by Crippen LogP contribution is -2.38. The lowest BCUT2D eigenvalue weighted by atomic mass is 9.76. The van der Waals surface area contributed by atoms with Crippen LogP contribution in [0.5, 0.6) is 0 Å². The number of rotatable bonds is 3. The first-order chi connectivity index (χ1) is 7.99. The molecule has 1 nitrogen and oxygen atoms in total. The molecule has 94 valence electrons. The van der Waals surface area contributed by atoms with Crippen molar-refractivity contribution in [3.05, 3.63) is 34.9 Å². The van der Waals surface area contributed by atoms with Gasteiger partial charge in [0.2, 0.25) is 0 Å². The highest BCUT2D eigenvalue weighted by atomic mass is 35.5. The van der Waals surface area contributed by atoms with Crippen molar-refractivity contribution in [3.63, 3.8) is 0 Å². The van der Waals surface area contributed by atoms with Crippen LogP contribution in [0, 0.1) is 11.3 Å². The molecule has 0 radical (unpaired) electrons. The summed E-state index contributed by atoms with van der Waals surface area (Å²) in [7, 11) is 0. The van der Waals surface area contributed by atoms with Gasteiger partial charge in [0, 0.05) is 11.1 Å². The van der Waals surface area contributed by atoms with Gasteiger partial charge in [0.25, 0.3) is 0 Å². The van der Waals surface area contributed by atoms with Crippen LogP contribution in [0.25, 0.3) is 0 Å². The average Bonchev–Trinajstić information content (AvgIpc) is 2.61. The summed E-state index contributed by atoms with van der Waals surface area (Å²) in [4.78, 5) is 0. The molecule has 0 spiro atoms. The minimum Gasteiger partial charge on any atom is -0.327 e. The van der Waals surface area contributed by atoms with Gasteiger partial charge in [-0.1, -0.05) is 44.0 Å². The first-order valence-corrected chi connectivity index (χ1v) is 6.87. The Balaban J connectivity index is 2.01. The summed E-state index contributed by atoms with van der Waals surface area (Å²) in [6, 6.07) is 8.34. The van der Waals surface area contributed by atoms with Crippen molar-refractivity contribution in [2.24, 2.45) is 17.1 Å². The predicted molar refractivity (Wildman–Crippen MR) is 74.3 cm³/mol. The first kappa shape index (κ1) is 12.9. The van der Waals surface area contributed by atoms with Crippen LogP contribution in [0.3, 0.4) is 0 Å². The molecule has 1 aromatic rings. The fraction of sp³-hybridized carbons (Fsp3) is 0.600. The summed E-state index contributed by atoms with van der Waals surface area (Å²) in [6.07, 6.45) is 4.88. The second-order valence-electron chi connectivity index (χ2n) is 5.98. The van der Waals surface area contributed by atoms with Crippen LogP contribution in [0.15, 0.2) is 24.3 Å². The molecular formula is C15H22ClN. The molecule has 0 amide bonds. The Morgan fingerprint density at radius 3 is 2.53 bits per heavy atom. The van der Waals surface area contributed by atoms with Gasteiger partial charge >= 0.3 is 0 Å². The highest BCUT2D eigenvalue weighted by Crippen LogP contribution is 2.44. The van der Waals surface area contributed by atoms with Crippen molar-refractivity contribution in [2.75, 3.05) is 0 Å². The van der Waals surface area contributed by atoms with E-state index in [0.717, 1.165) is 11.4 Å². The quantitative estimate of drug-likeness (QED) is 0.862. The third-order valence-corrected chi connectivity index (χ3v) is 4.49. The predicted octanol–water partition coefficient (Wildman–Crippen LogP) is 4.04. The van der Waals surface area contributed by atoms with E-state index in [0.29, 0.717) is 11.3 Å². The Kier molecular flexibility index (Phi) is 3.79. The van der Waals surface area contributed by atoms with E-state index < -0.39 is 0 Å². The van der Waals surface area contributed by atoms with Crippen molar-refractivity contribution in [1.82, 2.24) is 0 Å². The van der Waals surface area contributed by atoms with Crippen molar-refractivity contribution in [3.8, 4) is 0 Å². The Hall–Kier alpha value is -0.530. The van der Waals surface area contributed by atoms with Gasteiger partial charge in [-0.2, -0.15) is 0 Å². The minimum absolute atomic E-state index is 0.272. The maximum Gasteiger partial charge on any atom is 0.0406 e. The number of halogens is 1. The molecule has 2 N–H and O–H groups in total. The van der Waals surface area contributed by atoms with Gasteiger partial charge in [-0.05, 0) is 48.3 Å². The largest absolute Gasteiger partial charge is 0.327 e. The molecular weight excluding hydrogens is 230 g/mol. The van der Waals surface area contributed by atoms with Crippen LogP contribution in [-0.2, 0) is 6.42 Å². The molecule has 0 bridgehead atoms. The minimum atomic E-state index is 0.272. The zero-order valence-corrected chi connectivity index (χ0v) is 11.5. The van der Waals surface area contributed by atoms with E-state index in [1.807, 2.05) is 12.1 Å². The van der Waals surface area contributed by atoms with Gasteiger partial charge in [0.05, 0.1) is 0 Å². The van der Waals surface area contributed by atoms with Crippen LogP contribution >= 0.6 is 11.6 Å². The maximum atomic E-state index is 6.39. The van der Waals surface area contributed by atoms with E-state index in [-0.39, 0.29) is 6.04 Å². The van der Waals surface area contributed by atoms with Crippen LogP contribution in [0.4, 0.5) is 0 Å². The molecule has 1 aromatic carbocycles. The molecule has 17 heavy (non-hydrogen) atoms. The highest BCUT2D eigenvalue weighted by molar-refractivity contribution is 6.30. The van der Waals surface area contributed by atoms with Crippen LogP contribution in [0.1, 0.15) is 38.7 Å². The highest BCUT2D eigenvalue weighted by Gasteiger charge is 2.37. The molecule has 0 aliphatic heterocycles. The van der Waals surface area contributed by atoms with Gasteiger partial charge < -0.3 is 5.73 Å². The van der Waals surface area contributed by atoms with Gasteiger partial charge in [0.1, 0.15) is 0 Å². The van der Waals surface area contributed by atoms with E-state index in [4.69, 9.17) is 17.3 Å². The van der Waals surface area contributed by atoms with E-state index in [2.05, 4.69) is 26.0 Å². The van der Waals surface area contributed by atoms with E-state index in [1.165, 1.54) is 24.8 Å². The lowest BCUT2D eigenvalue weighted by Gasteiger charge is -2.32. The summed E-state index contributed by atoms with van der Waals surface area (Å²) < 4.78 is 0. The summed E-state index contributed by atoms with van der Waals surface area (Å²) in [5, 5.41) is 0.795. The smallest absolute Gasteiger partial charge is 0.0406 e. The summed E-state index contributed by atoms with van der Waals surface area (Å²) in [5.41, 5.74) is 8.10. The zero-order valence-electron chi connectivity index (χ0n) is 10.7. The fourth-order valence-corrected chi connectivity index (χ4v) is 3.31. The molecule has 1 aliphatic rings. The number of nitrogens with two attached hydrogens (primary N) is 1. The molecule has 2 unspecified atom stereocenters. The monoisotopic (exact) mass is 251 g/mol. The standard InChI is InChI=1S/C15H22ClN/c1-15(2)9-3-4-13(15)14(17)10-11-5-7-12(16)8-6-11/h5-8,13-14H,3-4,9-10,17H2,1-2H3. The van der Waals surface area contributed by atoms with E-state index >= 15 is 0 Å². The SMILES string of the molecule is CC1(C)CCCC1C(N)Cc1ccc(Cl)cc1. The van der Waals surface area contributed by atoms with Gasteiger partial charge in [0.15, 0.2) is 0 Å². The fourth-order valence-electron chi connectivity index (χ4n) is 3.18. The summed E-state index contributed by atoms with van der Waals surface area (Å²) in [6.45, 7) is 4.71. The molecule has 1 saturated carbocycles. The molecule has 2 rings (SSSR count). The second kappa shape index (κ2) is 4.99. The summed E-state index contributed by atoms with van der Waals surface area (Å²) >= 11 is 5.89. The number of hydrogen-bond donors (Lipinski definition) is 1. The van der Waals surface area contributed by atoms with Crippen LogP contribution in [0.2, 0.25) is 5.02 Å². The average molecular weight is 252 g/mol. The molecule has 0 aromatic heterocycles. The molecule has 2 atom stereocenters. The normalized spacial score (nSPS) is 24.8. The van der Waals surface area contributed by atoms with Crippen LogP contribution < -0.4 is 5.73 Å². The Labute approximate surface area is 109 Å². The lowest BCUT2D eigenvalue weighted by molar-refractivity contribution is 0.220. The number of hydrogen-bond acceptors (Lipinski definition) is 1. The molecule has 1 aliphatic carbocycles. The van der Waals surface area contributed by atoms with Crippen LogP contribution in [-0.4, -0.2) is 6.04 Å². The molecule has 1 fully saturated rings. The summed E-state index contributed by atoms with van der Waals surface area (Å²) in [5.74, 6) is 0.651. The van der Waals surface area contributed by atoms with Gasteiger partial charge in [-0.3, -0.25) is 0 Å². The van der Waals surface area contributed by atoms with E-state index in [1.54, 1.807) is 0 Å². The zero-order chi connectivity index (χ0) is 12.5. The molecule has 2 heteroatoms. The van der Waals surface area contributed by atoms with E-state index in [9.17, 15) is 0 Å². The molecule has 0 saturated heterocycles. The van der Waals surface area contributed by atoms with Gasteiger partial charge in [-0.15, -0.1) is 0 Å². The second-order valence-corrected chi connectivity index (χ2v) is 6.42. The Morgan fingerprint density at radius 1 is 1.35 bits per heavy atom. The topological polar surface area (TPSA) is 26.0 Å². The van der Waals surface area contributed by atoms with Gasteiger partial charge in [-0.25, -0.2) is 0 Å². The first-order valence-electron chi connectivity index (χ1n) is 6.49. The van der Waals surface area contributed by atoms with Crippen molar-refractivity contribution in [1.29, 1.82) is 0 Å².